The lowest BCUT2D eigenvalue weighted by atomic mass is 10.1. The highest BCUT2D eigenvalue weighted by Crippen LogP contribution is 2.25. The number of nitrogens with one attached hydrogen (secondary N) is 1. The molecule has 0 aliphatic heterocycles. The third-order valence-corrected chi connectivity index (χ3v) is 4.76. The van der Waals surface area contributed by atoms with Crippen molar-refractivity contribution in [3.8, 4) is 11.5 Å². The fraction of sp³-hybridized carbons (Fsp3) is 0. The average Bonchev–Trinajstić information content (AvgIpc) is 3.34. The van der Waals surface area contributed by atoms with Crippen LogP contribution in [0.2, 0.25) is 0 Å². The minimum Gasteiger partial charge on any atom is -0.436 e. The zero-order chi connectivity index (χ0) is 18.2. The predicted octanol–water partition coefficient (Wildman–Crippen LogP) is 4.75. The van der Waals surface area contributed by atoms with Crippen LogP contribution in [0.5, 0.6) is 0 Å². The molecule has 6 nitrogen and oxygen atoms in total. The van der Waals surface area contributed by atoms with Gasteiger partial charge in [-0.1, -0.05) is 12.1 Å². The molecule has 5 aromatic rings. The van der Waals surface area contributed by atoms with Crippen LogP contribution in [-0.4, -0.2) is 19.6 Å². The molecule has 0 saturated heterocycles. The summed E-state index contributed by atoms with van der Waals surface area (Å²) >= 11 is 1.13. The van der Waals surface area contributed by atoms with Gasteiger partial charge in [0.15, 0.2) is 5.58 Å². The van der Waals surface area contributed by atoms with Gasteiger partial charge in [0.2, 0.25) is 5.89 Å². The molecular weight excluding hydrogens is 360 g/mol. The molecule has 2 aromatic heterocycles. The highest BCUT2D eigenvalue weighted by atomic mass is 32.1. The van der Waals surface area contributed by atoms with Gasteiger partial charge >= 0.3 is 0 Å². The van der Waals surface area contributed by atoms with Crippen LogP contribution in [0.3, 0.4) is 0 Å². The molecule has 130 valence electrons. The van der Waals surface area contributed by atoms with E-state index in [1.165, 1.54) is 0 Å². The Bertz CT molecular complexity index is 1240. The Hall–Kier alpha value is -3.58. The van der Waals surface area contributed by atoms with Gasteiger partial charge in [-0.2, -0.15) is 8.75 Å². The Morgan fingerprint density at radius 3 is 2.56 bits per heavy atom. The molecular formula is C20H12N4O2S. The van der Waals surface area contributed by atoms with Crippen molar-refractivity contribution < 1.29 is 9.21 Å². The molecule has 0 spiro atoms. The highest BCUT2D eigenvalue weighted by Gasteiger charge is 2.10. The lowest BCUT2D eigenvalue weighted by Crippen LogP contribution is -2.11. The summed E-state index contributed by atoms with van der Waals surface area (Å²) in [4.78, 5) is 16.9. The van der Waals surface area contributed by atoms with E-state index in [0.717, 1.165) is 39.4 Å². The van der Waals surface area contributed by atoms with Gasteiger partial charge in [0.05, 0.1) is 11.7 Å². The van der Waals surface area contributed by atoms with Gasteiger partial charge in [0.1, 0.15) is 16.6 Å². The predicted molar refractivity (Wildman–Crippen MR) is 105 cm³/mol. The summed E-state index contributed by atoms with van der Waals surface area (Å²) in [5, 5.41) is 2.89. The van der Waals surface area contributed by atoms with Crippen LogP contribution in [0, 0.1) is 0 Å². The topological polar surface area (TPSA) is 80.9 Å². The van der Waals surface area contributed by atoms with Crippen molar-refractivity contribution in [2.45, 2.75) is 0 Å². The van der Waals surface area contributed by atoms with Gasteiger partial charge in [0.25, 0.3) is 5.91 Å². The molecule has 1 amide bonds. The molecule has 2 heterocycles. The number of rotatable bonds is 3. The van der Waals surface area contributed by atoms with E-state index in [9.17, 15) is 4.79 Å². The Balaban J connectivity index is 1.37. The highest BCUT2D eigenvalue weighted by molar-refractivity contribution is 7.00. The molecule has 3 aromatic carbocycles. The van der Waals surface area contributed by atoms with E-state index in [1.807, 2.05) is 48.5 Å². The van der Waals surface area contributed by atoms with Gasteiger partial charge < -0.3 is 9.73 Å². The number of benzene rings is 3. The minimum atomic E-state index is -0.195. The van der Waals surface area contributed by atoms with Gasteiger partial charge in [-0.15, -0.1) is 0 Å². The number of anilines is 1. The second-order valence-electron chi connectivity index (χ2n) is 5.99. The summed E-state index contributed by atoms with van der Waals surface area (Å²) < 4.78 is 14.1. The lowest BCUT2D eigenvalue weighted by Gasteiger charge is -2.05. The van der Waals surface area contributed by atoms with Crippen molar-refractivity contribution in [2.75, 3.05) is 5.32 Å². The van der Waals surface area contributed by atoms with E-state index in [4.69, 9.17) is 4.42 Å². The van der Waals surface area contributed by atoms with Crippen molar-refractivity contribution in [2.24, 2.45) is 0 Å². The first-order valence-electron chi connectivity index (χ1n) is 8.26. The fourth-order valence-corrected chi connectivity index (χ4v) is 3.34. The monoisotopic (exact) mass is 372 g/mol. The molecule has 7 heteroatoms. The number of hydrogen-bond acceptors (Lipinski definition) is 6. The first kappa shape index (κ1) is 15.7. The van der Waals surface area contributed by atoms with Crippen LogP contribution in [0.1, 0.15) is 10.4 Å². The summed E-state index contributed by atoms with van der Waals surface area (Å²) in [7, 11) is 0. The number of para-hydroxylation sites is 2. The lowest BCUT2D eigenvalue weighted by molar-refractivity contribution is 0.102. The third-order valence-electron chi connectivity index (χ3n) is 4.20. The second-order valence-corrected chi connectivity index (χ2v) is 6.51. The van der Waals surface area contributed by atoms with Crippen molar-refractivity contribution >= 4 is 45.5 Å². The maximum Gasteiger partial charge on any atom is 0.255 e. The average molecular weight is 372 g/mol. The molecule has 0 unspecified atom stereocenters. The van der Waals surface area contributed by atoms with Crippen molar-refractivity contribution in [3.63, 3.8) is 0 Å². The largest absolute Gasteiger partial charge is 0.436 e. The maximum atomic E-state index is 12.5. The zero-order valence-electron chi connectivity index (χ0n) is 13.9. The van der Waals surface area contributed by atoms with Crippen molar-refractivity contribution in [1.29, 1.82) is 0 Å². The van der Waals surface area contributed by atoms with Crippen molar-refractivity contribution in [3.05, 3.63) is 72.3 Å². The molecule has 27 heavy (non-hydrogen) atoms. The van der Waals surface area contributed by atoms with Crippen LogP contribution in [-0.2, 0) is 0 Å². The first-order valence-corrected chi connectivity index (χ1v) is 8.99. The number of aromatic nitrogens is 3. The van der Waals surface area contributed by atoms with Crippen LogP contribution in [0.15, 0.2) is 71.1 Å². The maximum absolute atomic E-state index is 12.5. The smallest absolute Gasteiger partial charge is 0.255 e. The summed E-state index contributed by atoms with van der Waals surface area (Å²) in [6.07, 6.45) is 0. The Kier molecular flexibility index (Phi) is 3.65. The van der Waals surface area contributed by atoms with Crippen molar-refractivity contribution in [1.82, 2.24) is 13.7 Å². The number of hydrogen-bond donors (Lipinski definition) is 1. The standard InChI is InChI=1S/C20H12N4O2S/c25-19(13-7-10-15-17(11-13)24-27-23-15)21-14-8-5-12(6-9-14)20-22-16-3-1-2-4-18(16)26-20/h1-11H,(H,21,25). The minimum absolute atomic E-state index is 0.195. The van der Waals surface area contributed by atoms with Gasteiger partial charge in [0, 0.05) is 16.8 Å². The molecule has 0 saturated carbocycles. The Morgan fingerprint density at radius 2 is 1.70 bits per heavy atom. The number of amides is 1. The molecule has 0 radical (unpaired) electrons. The van der Waals surface area contributed by atoms with Gasteiger partial charge in [-0.3, -0.25) is 4.79 Å². The molecule has 5 rings (SSSR count). The molecule has 0 bridgehead atoms. The number of fused-ring (bicyclic) bond motifs is 2. The molecule has 0 aliphatic carbocycles. The first-order chi connectivity index (χ1) is 13.3. The quantitative estimate of drug-likeness (QED) is 0.494. The van der Waals surface area contributed by atoms with Crippen LogP contribution >= 0.6 is 11.7 Å². The van der Waals surface area contributed by atoms with Crippen LogP contribution in [0.25, 0.3) is 33.6 Å². The Labute approximate surface area is 157 Å². The summed E-state index contributed by atoms with van der Waals surface area (Å²) in [6.45, 7) is 0. The molecule has 0 atom stereocenters. The molecule has 0 aliphatic rings. The Morgan fingerprint density at radius 1 is 0.889 bits per heavy atom. The van der Waals surface area contributed by atoms with Gasteiger partial charge in [-0.05, 0) is 54.6 Å². The summed E-state index contributed by atoms with van der Waals surface area (Å²) in [6, 6.07) is 20.3. The van der Waals surface area contributed by atoms with Crippen LogP contribution < -0.4 is 5.32 Å². The fourth-order valence-electron chi connectivity index (χ4n) is 2.82. The van der Waals surface area contributed by atoms with E-state index in [2.05, 4.69) is 19.0 Å². The number of carbonyl (C=O) groups excluding carboxylic acids is 1. The summed E-state index contributed by atoms with van der Waals surface area (Å²) in [5.41, 5.74) is 5.15. The number of nitrogens with zero attached hydrogens (tertiary/aromatic N) is 3. The zero-order valence-corrected chi connectivity index (χ0v) is 14.7. The number of carbonyl (C=O) groups is 1. The summed E-state index contributed by atoms with van der Waals surface area (Å²) in [5.74, 6) is 0.357. The molecule has 1 N–H and O–H groups in total. The van der Waals surface area contributed by atoms with E-state index in [-0.39, 0.29) is 5.91 Å². The van der Waals surface area contributed by atoms with E-state index >= 15 is 0 Å². The van der Waals surface area contributed by atoms with E-state index < -0.39 is 0 Å². The van der Waals surface area contributed by atoms with E-state index in [0.29, 0.717) is 17.1 Å². The third kappa shape index (κ3) is 2.94. The normalized spacial score (nSPS) is 11.1. The second kappa shape index (κ2) is 6.30. The van der Waals surface area contributed by atoms with E-state index in [1.54, 1.807) is 18.2 Å². The SMILES string of the molecule is O=C(Nc1ccc(-c2nc3ccccc3o2)cc1)c1ccc2nsnc2c1. The molecule has 0 fully saturated rings. The van der Waals surface area contributed by atoms with Crippen LogP contribution in [0.4, 0.5) is 5.69 Å². The van der Waals surface area contributed by atoms with Gasteiger partial charge in [-0.25, -0.2) is 4.98 Å². The number of oxazole rings is 1.